The molecule has 60 heavy (non-hydrogen) atoms. The van der Waals surface area contributed by atoms with Gasteiger partial charge in [-0.1, -0.05) is 86.6 Å². The number of nitrogens with two attached hydrogens (primary N) is 1. The van der Waals surface area contributed by atoms with E-state index in [9.17, 15) is 5.26 Å². The second-order valence-electron chi connectivity index (χ2n) is 17.9. The van der Waals surface area contributed by atoms with Crippen LogP contribution in [0.25, 0.3) is 11.6 Å². The molecule has 2 N–H and O–H groups in total. The molecule has 0 bridgehead atoms. The maximum Gasteiger partial charge on any atom is 0.322 e. The molecular formula is C44H54FN9O4SSi. The molecule has 5 atom stereocenters. The molecule has 2 aromatic carbocycles. The summed E-state index contributed by atoms with van der Waals surface area (Å²) in [6, 6.07) is 22.9. The number of rotatable bonds is 10. The average Bonchev–Trinajstić information content (AvgIpc) is 3.91. The number of aromatic nitrogens is 5. The normalized spacial score (nSPS) is 24.4. The van der Waals surface area contributed by atoms with Gasteiger partial charge in [0.25, 0.3) is 8.32 Å². The van der Waals surface area contributed by atoms with Gasteiger partial charge in [0.2, 0.25) is 23.5 Å². The molecule has 316 valence electrons. The number of hydrogen-bond donors (Lipinski definition) is 1. The van der Waals surface area contributed by atoms with Crippen molar-refractivity contribution in [3.05, 3.63) is 82.6 Å². The van der Waals surface area contributed by atoms with E-state index < -0.39 is 37.7 Å². The number of likely N-dealkylation sites (tertiary alicyclic amines) is 1. The van der Waals surface area contributed by atoms with Crippen molar-refractivity contribution in [2.45, 2.75) is 102 Å². The maximum atomic E-state index is 15.2. The molecule has 1 aliphatic carbocycles. The molecule has 16 heteroatoms. The molecule has 2 saturated heterocycles. The molecule has 3 aromatic heterocycles. The van der Waals surface area contributed by atoms with Crippen molar-refractivity contribution in [2.75, 3.05) is 50.5 Å². The number of thiophene rings is 1. The van der Waals surface area contributed by atoms with Gasteiger partial charge >= 0.3 is 6.01 Å². The summed E-state index contributed by atoms with van der Waals surface area (Å²) in [4.78, 5) is 24.5. The molecular weight excluding hydrogens is 798 g/mol. The maximum absolute atomic E-state index is 15.2. The van der Waals surface area contributed by atoms with Crippen LogP contribution in [-0.4, -0.2) is 102 Å². The van der Waals surface area contributed by atoms with Gasteiger partial charge in [-0.2, -0.15) is 25.2 Å². The lowest BCUT2D eigenvalue weighted by molar-refractivity contribution is -0.000405. The summed E-state index contributed by atoms with van der Waals surface area (Å²) in [6.45, 7) is 14.9. The molecule has 2 fully saturated rings. The monoisotopic (exact) mass is 851 g/mol. The summed E-state index contributed by atoms with van der Waals surface area (Å²) in [5.41, 5.74) is 6.05. The van der Waals surface area contributed by atoms with Crippen LogP contribution < -0.4 is 25.7 Å². The van der Waals surface area contributed by atoms with Crippen molar-refractivity contribution in [3.8, 4) is 23.7 Å². The van der Waals surface area contributed by atoms with E-state index in [2.05, 4.69) is 87.5 Å². The Morgan fingerprint density at radius 2 is 1.72 bits per heavy atom. The molecule has 3 aliphatic rings. The standard InChI is InChI=1S/C44H54FN9O4SSi/c1-28(35-32(45)20-22-53(35)7)56-41-50-37(38-48-39(57-52-38)44(6)21-14-19-33-34(44)31(25-46)36(47)59-33)49-40(51-41)54-23-24-55-27-43(5,26-54)58-60(42(2,3)4,29-15-10-8-11-16-29)30-17-12-9-13-18-30/h8-13,15-18,28,32,35H,14,19-24,26-27,47H2,1-7H3/t28-,32-,35-,43+,44+/m1/s1. The molecule has 5 heterocycles. The minimum absolute atomic E-state index is 0.0182. The summed E-state index contributed by atoms with van der Waals surface area (Å²) in [5, 5.41) is 17.0. The van der Waals surface area contributed by atoms with E-state index in [1.54, 1.807) is 0 Å². The van der Waals surface area contributed by atoms with Crippen LogP contribution in [0.5, 0.6) is 6.01 Å². The molecule has 0 spiro atoms. The molecule has 0 saturated carbocycles. The summed E-state index contributed by atoms with van der Waals surface area (Å²) >= 11 is 1.44. The Hall–Kier alpha value is -4.79. The first-order valence-corrected chi connectivity index (χ1v) is 23.5. The fourth-order valence-electron chi connectivity index (χ4n) is 9.54. The fourth-order valence-corrected chi connectivity index (χ4v) is 15.5. The second kappa shape index (κ2) is 16.2. The van der Waals surface area contributed by atoms with Crippen LogP contribution in [0.2, 0.25) is 5.04 Å². The van der Waals surface area contributed by atoms with E-state index in [-0.39, 0.29) is 22.7 Å². The van der Waals surface area contributed by atoms with Crippen molar-refractivity contribution < 1.29 is 22.8 Å². The number of anilines is 2. The number of halogens is 1. The quantitative estimate of drug-likeness (QED) is 0.162. The van der Waals surface area contributed by atoms with E-state index in [4.69, 9.17) is 44.1 Å². The third-order valence-electron chi connectivity index (χ3n) is 12.4. The van der Waals surface area contributed by atoms with Crippen LogP contribution in [0.1, 0.15) is 82.7 Å². The second-order valence-corrected chi connectivity index (χ2v) is 23.2. The van der Waals surface area contributed by atoms with Gasteiger partial charge in [0.1, 0.15) is 23.3 Å². The van der Waals surface area contributed by atoms with Crippen LogP contribution in [0.3, 0.4) is 0 Å². The van der Waals surface area contributed by atoms with Crippen molar-refractivity contribution in [2.24, 2.45) is 0 Å². The van der Waals surface area contributed by atoms with E-state index in [0.717, 1.165) is 33.7 Å². The van der Waals surface area contributed by atoms with Crippen molar-refractivity contribution >= 4 is 41.0 Å². The minimum Gasteiger partial charge on any atom is -0.459 e. The Balaban J connectivity index is 1.19. The van der Waals surface area contributed by atoms with Crippen LogP contribution in [0, 0.1) is 11.3 Å². The number of likely N-dealkylation sites (N-methyl/N-ethyl adjacent to an activating group) is 1. The highest BCUT2D eigenvalue weighted by Crippen LogP contribution is 2.49. The zero-order chi connectivity index (χ0) is 42.5. The smallest absolute Gasteiger partial charge is 0.322 e. The number of hydrogen-bond acceptors (Lipinski definition) is 14. The fraction of sp³-hybridized carbons (Fsp3) is 0.500. The summed E-state index contributed by atoms with van der Waals surface area (Å²) in [6.07, 6.45) is 1.17. The van der Waals surface area contributed by atoms with Gasteiger partial charge in [0.15, 0.2) is 0 Å². The molecule has 0 amide bonds. The highest BCUT2D eigenvalue weighted by molar-refractivity contribution is 7.16. The van der Waals surface area contributed by atoms with Crippen LogP contribution >= 0.6 is 11.3 Å². The SMILES string of the molecule is C[C@@H](Oc1nc(-c2noc([C@@]3(C)CCCc4sc(N)c(C#N)c43)n2)nc(N2CCOC[C@@](C)(O[Si](c3ccccc3)(c3ccccc3)C(C)(C)C)C2)n1)[C@@H]1[C@H](F)CCN1C. The van der Waals surface area contributed by atoms with Crippen molar-refractivity contribution in [1.82, 2.24) is 30.0 Å². The zero-order valence-electron chi connectivity index (χ0n) is 35.4. The van der Waals surface area contributed by atoms with Crippen LogP contribution in [0.15, 0.2) is 65.2 Å². The van der Waals surface area contributed by atoms with Gasteiger partial charge in [-0.15, -0.1) is 11.3 Å². The number of fused-ring (bicyclic) bond motifs is 1. The first-order valence-electron chi connectivity index (χ1n) is 20.7. The summed E-state index contributed by atoms with van der Waals surface area (Å²) in [5.74, 6) is 0.933. The van der Waals surface area contributed by atoms with Crippen LogP contribution in [0.4, 0.5) is 15.3 Å². The number of benzene rings is 2. The lowest BCUT2D eigenvalue weighted by Gasteiger charge is -2.48. The molecule has 0 unspecified atom stereocenters. The topological polar surface area (TPSA) is 162 Å². The summed E-state index contributed by atoms with van der Waals surface area (Å²) in [7, 11) is -1.12. The number of nitrogen functional groups attached to an aromatic ring is 1. The first kappa shape index (κ1) is 41.9. The average molecular weight is 852 g/mol. The number of nitriles is 1. The molecule has 0 radical (unpaired) electrons. The third-order valence-corrected chi connectivity index (χ3v) is 18.7. The highest BCUT2D eigenvalue weighted by atomic mass is 32.1. The molecule has 5 aromatic rings. The summed E-state index contributed by atoms with van der Waals surface area (Å²) < 4.78 is 41.7. The predicted octanol–water partition coefficient (Wildman–Crippen LogP) is 6.06. The van der Waals surface area contributed by atoms with E-state index >= 15 is 4.39 Å². The Kier molecular flexibility index (Phi) is 11.3. The Morgan fingerprint density at radius 3 is 2.35 bits per heavy atom. The van der Waals surface area contributed by atoms with E-state index in [1.807, 2.05) is 42.8 Å². The Labute approximate surface area is 356 Å². The van der Waals surface area contributed by atoms with E-state index in [0.29, 0.717) is 68.1 Å². The molecule has 13 nitrogen and oxygen atoms in total. The van der Waals surface area contributed by atoms with Crippen molar-refractivity contribution in [3.63, 3.8) is 0 Å². The number of alkyl halides is 1. The van der Waals surface area contributed by atoms with Gasteiger partial charge < -0.3 is 29.1 Å². The molecule has 8 rings (SSSR count). The Morgan fingerprint density at radius 1 is 1.02 bits per heavy atom. The number of aryl methyl sites for hydroxylation is 1. The number of ether oxygens (including phenoxy) is 2. The van der Waals surface area contributed by atoms with Gasteiger partial charge in [-0.3, -0.25) is 4.90 Å². The van der Waals surface area contributed by atoms with Crippen molar-refractivity contribution in [1.29, 1.82) is 5.26 Å². The first-order chi connectivity index (χ1) is 28.7. The van der Waals surface area contributed by atoms with Gasteiger partial charge in [0, 0.05) is 23.5 Å². The van der Waals surface area contributed by atoms with Gasteiger partial charge in [0.05, 0.1) is 42.4 Å². The Bertz CT molecular complexity index is 2300. The van der Waals surface area contributed by atoms with Gasteiger partial charge in [-0.05, 0) is 68.9 Å². The van der Waals surface area contributed by atoms with Crippen LogP contribution in [-0.2, 0) is 21.0 Å². The predicted molar refractivity (Wildman–Crippen MR) is 232 cm³/mol. The molecule has 2 aliphatic heterocycles. The lowest BCUT2D eigenvalue weighted by atomic mass is 9.72. The highest BCUT2D eigenvalue weighted by Gasteiger charge is 2.54. The van der Waals surface area contributed by atoms with E-state index in [1.165, 1.54) is 11.3 Å². The third kappa shape index (κ3) is 7.59. The number of nitrogens with zero attached hydrogens (tertiary/aromatic N) is 8. The van der Waals surface area contributed by atoms with Gasteiger partial charge in [-0.25, -0.2) is 4.39 Å². The largest absolute Gasteiger partial charge is 0.459 e. The lowest BCUT2D eigenvalue weighted by Crippen LogP contribution is -2.70. The minimum atomic E-state index is -3.02. The zero-order valence-corrected chi connectivity index (χ0v) is 37.3.